The van der Waals surface area contributed by atoms with Crippen molar-refractivity contribution in [3.05, 3.63) is 65.2 Å². The maximum absolute atomic E-state index is 11.9. The molecular formula is C15H13ClN2O3. The van der Waals surface area contributed by atoms with Crippen molar-refractivity contribution in [2.45, 2.75) is 6.04 Å². The lowest BCUT2D eigenvalue weighted by molar-refractivity contribution is -0.139. The van der Waals surface area contributed by atoms with Gasteiger partial charge >= 0.3 is 12.0 Å². The van der Waals surface area contributed by atoms with Gasteiger partial charge in [0.1, 0.15) is 0 Å². The smallest absolute Gasteiger partial charge is 0.330 e. The summed E-state index contributed by atoms with van der Waals surface area (Å²) in [5.74, 6) is -1.14. The van der Waals surface area contributed by atoms with E-state index in [0.717, 1.165) is 0 Å². The summed E-state index contributed by atoms with van der Waals surface area (Å²) in [5, 5.41) is 14.5. The van der Waals surface area contributed by atoms with Crippen molar-refractivity contribution in [3.8, 4) is 0 Å². The van der Waals surface area contributed by atoms with E-state index in [2.05, 4.69) is 10.6 Å². The maximum atomic E-state index is 11.9. The monoisotopic (exact) mass is 304 g/mol. The van der Waals surface area contributed by atoms with Crippen LogP contribution in [0.4, 0.5) is 10.5 Å². The molecule has 0 aromatic heterocycles. The van der Waals surface area contributed by atoms with Crippen LogP contribution >= 0.6 is 11.6 Å². The van der Waals surface area contributed by atoms with E-state index in [1.165, 1.54) is 0 Å². The molecule has 3 N–H and O–H groups in total. The molecule has 5 nitrogen and oxygen atoms in total. The number of anilines is 1. The molecule has 0 aliphatic heterocycles. The Bertz CT molecular complexity index is 646. The number of para-hydroxylation sites is 1. The van der Waals surface area contributed by atoms with Gasteiger partial charge in [-0.2, -0.15) is 0 Å². The van der Waals surface area contributed by atoms with E-state index >= 15 is 0 Å². The molecule has 108 valence electrons. The molecule has 2 aromatic carbocycles. The molecular weight excluding hydrogens is 292 g/mol. The summed E-state index contributed by atoms with van der Waals surface area (Å²) in [7, 11) is 0. The number of carboxylic acids is 1. The first-order valence-electron chi connectivity index (χ1n) is 6.17. The largest absolute Gasteiger partial charge is 0.479 e. The predicted octanol–water partition coefficient (Wildman–Crippen LogP) is 3.29. The zero-order valence-electron chi connectivity index (χ0n) is 10.9. The molecule has 2 rings (SSSR count). The number of amides is 2. The third kappa shape index (κ3) is 3.97. The normalized spacial score (nSPS) is 11.5. The van der Waals surface area contributed by atoms with Crippen LogP contribution in [-0.4, -0.2) is 17.1 Å². The highest BCUT2D eigenvalue weighted by Crippen LogP contribution is 2.20. The van der Waals surface area contributed by atoms with Gasteiger partial charge in [0.05, 0.1) is 10.7 Å². The Balaban J connectivity index is 2.10. The fourth-order valence-corrected chi connectivity index (χ4v) is 1.97. The van der Waals surface area contributed by atoms with Crippen molar-refractivity contribution in [2.24, 2.45) is 0 Å². The lowest BCUT2D eigenvalue weighted by atomic mass is 10.1. The molecule has 0 aliphatic rings. The van der Waals surface area contributed by atoms with Crippen LogP contribution in [0.3, 0.4) is 0 Å². The van der Waals surface area contributed by atoms with E-state index < -0.39 is 18.0 Å². The lowest BCUT2D eigenvalue weighted by Gasteiger charge is -2.15. The van der Waals surface area contributed by atoms with Crippen LogP contribution in [0.1, 0.15) is 11.6 Å². The molecule has 0 fully saturated rings. The molecule has 0 radical (unpaired) electrons. The molecule has 0 spiro atoms. The third-order valence-corrected chi connectivity index (χ3v) is 3.11. The topological polar surface area (TPSA) is 78.4 Å². The molecule has 0 unspecified atom stereocenters. The maximum Gasteiger partial charge on any atom is 0.330 e. The van der Waals surface area contributed by atoms with Crippen LogP contribution in [-0.2, 0) is 4.79 Å². The fraction of sp³-hybridized carbons (Fsp3) is 0.0667. The second-order valence-corrected chi connectivity index (χ2v) is 4.67. The minimum absolute atomic E-state index is 0.374. The number of aliphatic carboxylic acids is 1. The molecule has 0 saturated carbocycles. The number of carbonyl (C=O) groups excluding carboxylic acids is 1. The standard InChI is InChI=1S/C15H13ClN2O3/c16-11-8-4-5-9-12(11)17-15(21)18-13(14(19)20)10-6-2-1-3-7-10/h1-9,13H,(H,19,20)(H2,17,18,21)/t13-/m1/s1. The Morgan fingerprint density at radius 1 is 1.00 bits per heavy atom. The highest BCUT2D eigenvalue weighted by atomic mass is 35.5. The average Bonchev–Trinajstić information content (AvgIpc) is 2.48. The summed E-state index contributed by atoms with van der Waals surface area (Å²) in [6, 6.07) is 13.4. The van der Waals surface area contributed by atoms with E-state index in [1.54, 1.807) is 54.6 Å². The van der Waals surface area contributed by atoms with Gasteiger partial charge in [-0.3, -0.25) is 0 Å². The quantitative estimate of drug-likeness (QED) is 0.811. The second kappa shape index (κ2) is 6.76. The van der Waals surface area contributed by atoms with E-state index in [0.29, 0.717) is 16.3 Å². The number of benzene rings is 2. The van der Waals surface area contributed by atoms with Crippen molar-refractivity contribution < 1.29 is 14.7 Å². The molecule has 0 saturated heterocycles. The number of hydrogen-bond donors (Lipinski definition) is 3. The minimum Gasteiger partial charge on any atom is -0.479 e. The third-order valence-electron chi connectivity index (χ3n) is 2.78. The summed E-state index contributed by atoms with van der Waals surface area (Å²) in [6.07, 6.45) is 0. The summed E-state index contributed by atoms with van der Waals surface area (Å²) in [5.41, 5.74) is 0.896. The predicted molar refractivity (Wildman–Crippen MR) is 80.4 cm³/mol. The molecule has 0 bridgehead atoms. The highest BCUT2D eigenvalue weighted by Gasteiger charge is 2.21. The van der Waals surface area contributed by atoms with Gasteiger partial charge in [-0.15, -0.1) is 0 Å². The van der Waals surface area contributed by atoms with Gasteiger partial charge < -0.3 is 15.7 Å². The molecule has 21 heavy (non-hydrogen) atoms. The van der Waals surface area contributed by atoms with E-state index in [-0.39, 0.29) is 0 Å². The Hall–Kier alpha value is -2.53. The number of carboxylic acid groups (broad SMARTS) is 1. The number of halogens is 1. The van der Waals surface area contributed by atoms with Crippen LogP contribution in [0.15, 0.2) is 54.6 Å². The van der Waals surface area contributed by atoms with Gasteiger partial charge in [-0.25, -0.2) is 9.59 Å². The molecule has 6 heteroatoms. The average molecular weight is 305 g/mol. The summed E-state index contributed by atoms with van der Waals surface area (Å²) >= 11 is 5.93. The van der Waals surface area contributed by atoms with Gasteiger partial charge in [0.25, 0.3) is 0 Å². The molecule has 0 aliphatic carbocycles. The molecule has 2 aromatic rings. The van der Waals surface area contributed by atoms with Crippen molar-refractivity contribution in [1.29, 1.82) is 0 Å². The van der Waals surface area contributed by atoms with Crippen LogP contribution in [0.25, 0.3) is 0 Å². The molecule has 2 amide bonds. The van der Waals surface area contributed by atoms with Crippen LogP contribution in [0, 0.1) is 0 Å². The Morgan fingerprint density at radius 3 is 2.24 bits per heavy atom. The van der Waals surface area contributed by atoms with Crippen molar-refractivity contribution >= 4 is 29.3 Å². The van der Waals surface area contributed by atoms with Gasteiger partial charge in [0, 0.05) is 0 Å². The number of rotatable bonds is 4. The van der Waals surface area contributed by atoms with Crippen LogP contribution in [0.5, 0.6) is 0 Å². The Labute approximate surface area is 126 Å². The lowest BCUT2D eigenvalue weighted by Crippen LogP contribution is -2.36. The van der Waals surface area contributed by atoms with E-state index in [1.807, 2.05) is 0 Å². The minimum atomic E-state index is -1.14. The van der Waals surface area contributed by atoms with Gasteiger partial charge in [-0.05, 0) is 17.7 Å². The first-order valence-corrected chi connectivity index (χ1v) is 6.55. The molecule has 0 heterocycles. The highest BCUT2D eigenvalue weighted by molar-refractivity contribution is 6.33. The van der Waals surface area contributed by atoms with Crippen LogP contribution in [0.2, 0.25) is 5.02 Å². The molecule has 1 atom stereocenters. The van der Waals surface area contributed by atoms with Gasteiger partial charge in [0.2, 0.25) is 0 Å². The summed E-state index contributed by atoms with van der Waals surface area (Å²) in [4.78, 5) is 23.2. The second-order valence-electron chi connectivity index (χ2n) is 4.26. The summed E-state index contributed by atoms with van der Waals surface area (Å²) < 4.78 is 0. The first-order chi connectivity index (χ1) is 10.1. The SMILES string of the molecule is O=C(Nc1ccccc1Cl)N[C@@H](C(=O)O)c1ccccc1. The zero-order valence-corrected chi connectivity index (χ0v) is 11.7. The van der Waals surface area contributed by atoms with Crippen molar-refractivity contribution in [3.63, 3.8) is 0 Å². The first kappa shape index (κ1) is 14.9. The Morgan fingerprint density at radius 2 is 1.62 bits per heavy atom. The number of urea groups is 1. The van der Waals surface area contributed by atoms with Crippen LogP contribution < -0.4 is 10.6 Å². The van der Waals surface area contributed by atoms with Gasteiger partial charge in [-0.1, -0.05) is 54.1 Å². The van der Waals surface area contributed by atoms with Gasteiger partial charge in [0.15, 0.2) is 6.04 Å². The van der Waals surface area contributed by atoms with Crippen molar-refractivity contribution in [1.82, 2.24) is 5.32 Å². The van der Waals surface area contributed by atoms with Crippen molar-refractivity contribution in [2.75, 3.05) is 5.32 Å². The number of carbonyl (C=O) groups is 2. The number of hydrogen-bond acceptors (Lipinski definition) is 2. The van der Waals surface area contributed by atoms with E-state index in [9.17, 15) is 14.7 Å². The fourth-order valence-electron chi connectivity index (χ4n) is 1.79. The Kier molecular flexibility index (Phi) is 4.79. The van der Waals surface area contributed by atoms with E-state index in [4.69, 9.17) is 11.6 Å². The number of nitrogens with one attached hydrogen (secondary N) is 2. The summed E-state index contributed by atoms with van der Waals surface area (Å²) in [6.45, 7) is 0. The zero-order chi connectivity index (χ0) is 15.2.